The van der Waals surface area contributed by atoms with Gasteiger partial charge >= 0.3 is 0 Å². The summed E-state index contributed by atoms with van der Waals surface area (Å²) in [7, 11) is 1.60. The molecule has 1 aliphatic heterocycles. The summed E-state index contributed by atoms with van der Waals surface area (Å²) in [5.41, 5.74) is 1.28. The average Bonchev–Trinajstić information content (AvgIpc) is 3.44. The Balaban J connectivity index is 1.33. The molecule has 4 aromatic rings. The fourth-order valence-corrected chi connectivity index (χ4v) is 4.12. The van der Waals surface area contributed by atoms with E-state index in [4.69, 9.17) is 9.47 Å². The van der Waals surface area contributed by atoms with E-state index < -0.39 is 0 Å². The molecular weight excluding hydrogens is 432 g/mol. The zero-order valence-corrected chi connectivity index (χ0v) is 18.7. The summed E-state index contributed by atoms with van der Waals surface area (Å²) < 4.78 is 13.1. The lowest BCUT2D eigenvalue weighted by Crippen LogP contribution is -2.39. The van der Waals surface area contributed by atoms with Crippen molar-refractivity contribution in [3.05, 3.63) is 84.7 Å². The summed E-state index contributed by atoms with van der Waals surface area (Å²) >= 11 is 0. The quantitative estimate of drug-likeness (QED) is 0.434. The van der Waals surface area contributed by atoms with Crippen molar-refractivity contribution in [1.29, 1.82) is 0 Å². The van der Waals surface area contributed by atoms with Crippen LogP contribution in [0.2, 0.25) is 0 Å². The predicted molar refractivity (Wildman–Crippen MR) is 124 cm³/mol. The van der Waals surface area contributed by atoms with Crippen LogP contribution in [0.25, 0.3) is 5.82 Å². The molecule has 9 nitrogen and oxygen atoms in total. The summed E-state index contributed by atoms with van der Waals surface area (Å²) in [5, 5.41) is 4.17. The van der Waals surface area contributed by atoms with Crippen LogP contribution in [0.15, 0.2) is 73.4 Å². The van der Waals surface area contributed by atoms with E-state index in [2.05, 4.69) is 20.1 Å². The minimum absolute atomic E-state index is 0.00686. The van der Waals surface area contributed by atoms with Crippen molar-refractivity contribution in [1.82, 2.24) is 29.6 Å². The molecule has 0 radical (unpaired) electrons. The van der Waals surface area contributed by atoms with Crippen molar-refractivity contribution in [2.24, 2.45) is 0 Å². The molecule has 0 saturated carbocycles. The van der Waals surface area contributed by atoms with E-state index in [1.54, 1.807) is 48.7 Å². The Hall–Kier alpha value is -4.27. The smallest absolute Gasteiger partial charge is 0.255 e. The van der Waals surface area contributed by atoms with E-state index in [0.29, 0.717) is 41.8 Å². The minimum Gasteiger partial charge on any atom is -0.493 e. The lowest BCUT2D eigenvalue weighted by atomic mass is 9.94. The van der Waals surface area contributed by atoms with E-state index in [1.807, 2.05) is 41.4 Å². The fourth-order valence-electron chi connectivity index (χ4n) is 4.12. The maximum Gasteiger partial charge on any atom is 0.255 e. The Bertz CT molecular complexity index is 1260. The number of amides is 1. The van der Waals surface area contributed by atoms with Gasteiger partial charge in [0.05, 0.1) is 12.7 Å². The summed E-state index contributed by atoms with van der Waals surface area (Å²) in [4.78, 5) is 28.4. The number of methoxy groups -OCH3 is 1. The van der Waals surface area contributed by atoms with Crippen molar-refractivity contribution in [3.8, 4) is 23.2 Å². The van der Waals surface area contributed by atoms with Gasteiger partial charge in [0, 0.05) is 50.0 Å². The molecule has 34 heavy (non-hydrogen) atoms. The van der Waals surface area contributed by atoms with Gasteiger partial charge in [-0.25, -0.2) is 14.6 Å². The van der Waals surface area contributed by atoms with Crippen molar-refractivity contribution < 1.29 is 14.3 Å². The Morgan fingerprint density at radius 2 is 1.85 bits per heavy atom. The van der Waals surface area contributed by atoms with Gasteiger partial charge in [-0.1, -0.05) is 12.1 Å². The third kappa shape index (κ3) is 4.45. The fraction of sp³-hybridized carbons (Fsp3) is 0.240. The van der Waals surface area contributed by atoms with Gasteiger partial charge in [-0.15, -0.1) is 0 Å². The summed E-state index contributed by atoms with van der Waals surface area (Å²) in [6.45, 7) is 1.21. The number of rotatable bonds is 6. The normalized spacial score (nSPS) is 15.7. The maximum atomic E-state index is 13.2. The number of benzene rings is 1. The van der Waals surface area contributed by atoms with Gasteiger partial charge in [-0.2, -0.15) is 5.10 Å². The number of nitrogens with zero attached hydrogens (tertiary/aromatic N) is 6. The molecule has 1 aliphatic rings. The Kier molecular flexibility index (Phi) is 6.15. The molecule has 172 valence electrons. The molecule has 1 saturated heterocycles. The van der Waals surface area contributed by atoms with Crippen LogP contribution in [-0.4, -0.2) is 55.7 Å². The number of para-hydroxylation sites is 2. The first-order chi connectivity index (χ1) is 16.7. The summed E-state index contributed by atoms with van der Waals surface area (Å²) in [6.07, 6.45) is 10.1. The van der Waals surface area contributed by atoms with Crippen LogP contribution < -0.4 is 9.47 Å². The SMILES string of the molecule is COc1ccccc1Oc1nccnc1[C@@H]1CCCN(C(=O)c2ccc(-n3cccn3)nc2)C1. The molecule has 3 aromatic heterocycles. The van der Waals surface area contributed by atoms with Gasteiger partial charge in [0.1, 0.15) is 5.69 Å². The second kappa shape index (κ2) is 9.70. The third-order valence-corrected chi connectivity index (χ3v) is 5.80. The number of ether oxygens (including phenoxy) is 2. The molecule has 0 N–H and O–H groups in total. The topological polar surface area (TPSA) is 95.3 Å². The van der Waals surface area contributed by atoms with Crippen molar-refractivity contribution in [3.63, 3.8) is 0 Å². The third-order valence-electron chi connectivity index (χ3n) is 5.80. The number of aromatic nitrogens is 5. The van der Waals surface area contributed by atoms with Crippen LogP contribution >= 0.6 is 0 Å². The highest BCUT2D eigenvalue weighted by molar-refractivity contribution is 5.94. The van der Waals surface area contributed by atoms with Gasteiger partial charge in [0.2, 0.25) is 5.88 Å². The summed E-state index contributed by atoms with van der Waals surface area (Å²) in [6, 6.07) is 12.8. The number of hydrogen-bond acceptors (Lipinski definition) is 7. The number of hydrogen-bond donors (Lipinski definition) is 0. The number of pyridine rings is 1. The first kappa shape index (κ1) is 21.6. The molecule has 0 spiro atoms. The van der Waals surface area contributed by atoms with Crippen molar-refractivity contribution >= 4 is 5.91 Å². The number of carbonyl (C=O) groups excluding carboxylic acids is 1. The average molecular weight is 457 g/mol. The molecule has 1 fully saturated rings. The molecule has 1 aromatic carbocycles. The minimum atomic E-state index is -0.0553. The highest BCUT2D eigenvalue weighted by Gasteiger charge is 2.29. The molecule has 5 rings (SSSR count). The predicted octanol–water partition coefficient (Wildman–Crippen LogP) is 3.88. The second-order valence-electron chi connectivity index (χ2n) is 7.95. The van der Waals surface area contributed by atoms with Crippen LogP contribution in [0.3, 0.4) is 0 Å². The van der Waals surface area contributed by atoms with E-state index in [0.717, 1.165) is 18.5 Å². The molecule has 9 heteroatoms. The highest BCUT2D eigenvalue weighted by Crippen LogP contribution is 2.36. The monoisotopic (exact) mass is 456 g/mol. The van der Waals surface area contributed by atoms with Crippen LogP contribution in [0, 0.1) is 0 Å². The zero-order chi connectivity index (χ0) is 23.3. The Morgan fingerprint density at radius 1 is 1.00 bits per heavy atom. The number of piperidine rings is 1. The van der Waals surface area contributed by atoms with Crippen molar-refractivity contribution in [2.75, 3.05) is 20.2 Å². The van der Waals surface area contributed by atoms with Crippen LogP contribution in [0.5, 0.6) is 17.4 Å². The standard InChI is InChI=1S/C25H24N6O3/c1-33-20-7-2-3-8-21(20)34-24-23(26-12-13-27-24)19-6-4-14-30(17-19)25(32)18-9-10-22(28-16-18)31-15-5-11-29-31/h2-3,5,7-13,15-16,19H,4,6,14,17H2,1H3/t19-/m1/s1. The molecule has 1 atom stereocenters. The Morgan fingerprint density at radius 3 is 2.62 bits per heavy atom. The Labute approximate surface area is 197 Å². The second-order valence-corrected chi connectivity index (χ2v) is 7.95. The molecule has 0 bridgehead atoms. The summed E-state index contributed by atoms with van der Waals surface area (Å²) in [5.74, 6) is 2.23. The van der Waals surface area contributed by atoms with Gasteiger partial charge in [-0.05, 0) is 43.2 Å². The highest BCUT2D eigenvalue weighted by atomic mass is 16.5. The lowest BCUT2D eigenvalue weighted by Gasteiger charge is -2.32. The molecule has 4 heterocycles. The van der Waals surface area contributed by atoms with E-state index in [9.17, 15) is 4.79 Å². The zero-order valence-electron chi connectivity index (χ0n) is 18.7. The van der Waals surface area contributed by atoms with Gasteiger partial charge in [0.15, 0.2) is 17.3 Å². The molecule has 0 unspecified atom stereocenters. The molecule has 1 amide bonds. The lowest BCUT2D eigenvalue weighted by molar-refractivity contribution is 0.0704. The van der Waals surface area contributed by atoms with Crippen LogP contribution in [0.1, 0.15) is 34.8 Å². The maximum absolute atomic E-state index is 13.2. The van der Waals surface area contributed by atoms with Gasteiger partial charge in [0.25, 0.3) is 5.91 Å². The number of likely N-dealkylation sites (tertiary alicyclic amines) is 1. The van der Waals surface area contributed by atoms with Crippen LogP contribution in [0.4, 0.5) is 0 Å². The van der Waals surface area contributed by atoms with E-state index in [1.165, 1.54) is 0 Å². The first-order valence-electron chi connectivity index (χ1n) is 11.1. The van der Waals surface area contributed by atoms with E-state index in [-0.39, 0.29) is 11.8 Å². The van der Waals surface area contributed by atoms with E-state index >= 15 is 0 Å². The first-order valence-corrected chi connectivity index (χ1v) is 11.1. The molecular formula is C25H24N6O3. The number of carbonyl (C=O) groups is 1. The van der Waals surface area contributed by atoms with Crippen LogP contribution in [-0.2, 0) is 0 Å². The van der Waals surface area contributed by atoms with Gasteiger partial charge < -0.3 is 14.4 Å². The largest absolute Gasteiger partial charge is 0.493 e. The van der Waals surface area contributed by atoms with Gasteiger partial charge in [-0.3, -0.25) is 9.78 Å². The molecule has 0 aliphatic carbocycles. The van der Waals surface area contributed by atoms with Crippen molar-refractivity contribution in [2.45, 2.75) is 18.8 Å².